The van der Waals surface area contributed by atoms with Crippen molar-refractivity contribution in [2.45, 2.75) is 6.54 Å². The second kappa shape index (κ2) is 12.2. The summed E-state index contributed by atoms with van der Waals surface area (Å²) >= 11 is 1.45. The highest BCUT2D eigenvalue weighted by molar-refractivity contribution is 7.22. The van der Waals surface area contributed by atoms with Crippen LogP contribution in [0.3, 0.4) is 0 Å². The van der Waals surface area contributed by atoms with Crippen molar-refractivity contribution in [2.75, 3.05) is 30.9 Å². The Labute approximate surface area is 232 Å². The Kier molecular flexibility index (Phi) is 8.29. The van der Waals surface area contributed by atoms with E-state index in [1.807, 2.05) is 23.9 Å². The highest BCUT2D eigenvalue weighted by atomic mass is 32.1. The molecule has 0 saturated heterocycles. The van der Waals surface area contributed by atoms with Crippen LogP contribution in [-0.2, 0) is 18.3 Å². The average Bonchev–Trinajstić information content (AvgIpc) is 3.53. The fraction of sp³-hybridized carbons (Fsp3) is 0.179. The van der Waals surface area contributed by atoms with E-state index in [2.05, 4.69) is 25.9 Å². The number of methoxy groups -OCH3 is 1. The van der Waals surface area contributed by atoms with Gasteiger partial charge >= 0.3 is 6.03 Å². The second-order valence-corrected chi connectivity index (χ2v) is 9.82. The minimum absolute atomic E-state index is 0.00615. The fourth-order valence-corrected chi connectivity index (χ4v) is 5.04. The van der Waals surface area contributed by atoms with Crippen molar-refractivity contribution in [3.8, 4) is 22.2 Å². The first kappa shape index (κ1) is 27.2. The summed E-state index contributed by atoms with van der Waals surface area (Å²) in [5.41, 5.74) is 2.36. The van der Waals surface area contributed by atoms with Gasteiger partial charge in [0.1, 0.15) is 17.4 Å². The zero-order valence-electron chi connectivity index (χ0n) is 21.7. The van der Waals surface area contributed by atoms with Gasteiger partial charge in [-0.15, -0.1) is 11.3 Å². The number of nitrogens with zero attached hydrogens (tertiary/aromatic N) is 3. The number of hydrogen-bond donors (Lipinski definition) is 3. The zero-order chi connectivity index (χ0) is 28.1. The van der Waals surface area contributed by atoms with Crippen LogP contribution in [0.2, 0.25) is 0 Å². The van der Waals surface area contributed by atoms with Gasteiger partial charge in [-0.05, 0) is 42.5 Å². The van der Waals surface area contributed by atoms with Crippen molar-refractivity contribution in [3.63, 3.8) is 0 Å². The Balaban J connectivity index is 1.29. The molecule has 0 aliphatic heterocycles. The van der Waals surface area contributed by atoms with Crippen LogP contribution in [-0.4, -0.2) is 40.8 Å². The molecule has 0 radical (unpaired) electrons. The van der Waals surface area contributed by atoms with Gasteiger partial charge < -0.3 is 30.0 Å². The molecule has 2 amide bonds. The van der Waals surface area contributed by atoms with Crippen LogP contribution in [0.5, 0.6) is 11.5 Å². The molecule has 0 bridgehead atoms. The summed E-state index contributed by atoms with van der Waals surface area (Å²) < 4.78 is 41.8. The smallest absolute Gasteiger partial charge is 0.323 e. The lowest BCUT2D eigenvalue weighted by Crippen LogP contribution is -2.20. The van der Waals surface area contributed by atoms with Gasteiger partial charge in [-0.3, -0.25) is 4.98 Å². The van der Waals surface area contributed by atoms with Gasteiger partial charge in [0, 0.05) is 57.0 Å². The molecule has 2 aromatic carbocycles. The molecule has 3 N–H and O–H groups in total. The molecule has 40 heavy (non-hydrogen) atoms. The van der Waals surface area contributed by atoms with E-state index in [0.29, 0.717) is 30.1 Å². The number of halogens is 2. The van der Waals surface area contributed by atoms with Crippen LogP contribution in [0, 0.1) is 11.6 Å². The van der Waals surface area contributed by atoms with E-state index in [-0.39, 0.29) is 11.4 Å². The molecule has 0 atom stereocenters. The number of thiophene rings is 1. The third kappa shape index (κ3) is 6.25. The number of carbonyl (C=O) groups is 1. The van der Waals surface area contributed by atoms with Crippen molar-refractivity contribution in [3.05, 3.63) is 84.3 Å². The lowest BCUT2D eigenvalue weighted by Gasteiger charge is -2.11. The summed E-state index contributed by atoms with van der Waals surface area (Å²) in [5, 5.41) is 8.42. The predicted molar refractivity (Wildman–Crippen MR) is 151 cm³/mol. The Morgan fingerprint density at radius 1 is 1.00 bits per heavy atom. The molecule has 3 aromatic heterocycles. The van der Waals surface area contributed by atoms with E-state index < -0.39 is 17.7 Å². The SMILES string of the molecule is COCCNCc1cnc(-c2cc3nccc(Oc4ccc(NC(=O)Nc5ccc(F)cc5)cc4F)c3s2)n1C. The van der Waals surface area contributed by atoms with Crippen LogP contribution in [0.4, 0.5) is 25.0 Å². The highest BCUT2D eigenvalue weighted by Crippen LogP contribution is 2.39. The first-order valence-corrected chi connectivity index (χ1v) is 13.1. The van der Waals surface area contributed by atoms with Crippen LogP contribution in [0.15, 0.2) is 67.0 Å². The number of aromatic nitrogens is 3. The standard InChI is InChI=1S/C28H26F2N6O3S/c1-36-20(15-31-11-12-38-2)16-33-27(36)25-14-22-26(40-25)24(9-10-32-22)39-23-8-7-19(13-21(23)30)35-28(37)34-18-5-3-17(29)4-6-18/h3-10,13-14,16,31H,11-12,15H2,1-2H3,(H2,34,35,37). The number of carbonyl (C=O) groups excluding carboxylic acids is 1. The fourth-order valence-electron chi connectivity index (χ4n) is 3.94. The lowest BCUT2D eigenvalue weighted by molar-refractivity contribution is 0.199. The minimum Gasteiger partial charge on any atom is -0.453 e. The quantitative estimate of drug-likeness (QED) is 0.176. The third-order valence-corrected chi connectivity index (χ3v) is 7.12. The molecule has 5 rings (SSSR count). The maximum absolute atomic E-state index is 15.0. The number of ether oxygens (including phenoxy) is 2. The van der Waals surface area contributed by atoms with Crippen molar-refractivity contribution in [1.82, 2.24) is 19.9 Å². The Bertz CT molecular complexity index is 1640. The van der Waals surface area contributed by atoms with Crippen molar-refractivity contribution in [1.29, 1.82) is 0 Å². The van der Waals surface area contributed by atoms with Gasteiger partial charge in [0.25, 0.3) is 0 Å². The first-order chi connectivity index (χ1) is 19.4. The molecule has 0 saturated carbocycles. The molecule has 0 aliphatic rings. The van der Waals surface area contributed by atoms with E-state index in [4.69, 9.17) is 9.47 Å². The number of benzene rings is 2. The summed E-state index contributed by atoms with van der Waals surface area (Å²) in [6.45, 7) is 2.02. The largest absolute Gasteiger partial charge is 0.453 e. The molecule has 0 fully saturated rings. The number of fused-ring (bicyclic) bond motifs is 1. The van der Waals surface area contributed by atoms with Gasteiger partial charge in [0.05, 0.1) is 33.6 Å². The maximum atomic E-state index is 15.0. The first-order valence-electron chi connectivity index (χ1n) is 12.3. The molecule has 3 heterocycles. The summed E-state index contributed by atoms with van der Waals surface area (Å²) in [6.07, 6.45) is 3.43. The van der Waals surface area contributed by atoms with E-state index in [9.17, 15) is 13.6 Å². The molecule has 5 aromatic rings. The van der Waals surface area contributed by atoms with Gasteiger partial charge in [-0.2, -0.15) is 0 Å². The minimum atomic E-state index is -0.656. The van der Waals surface area contributed by atoms with E-state index >= 15 is 0 Å². The number of amides is 2. The van der Waals surface area contributed by atoms with Gasteiger partial charge in [-0.1, -0.05) is 0 Å². The van der Waals surface area contributed by atoms with Crippen LogP contribution in [0.1, 0.15) is 5.69 Å². The van der Waals surface area contributed by atoms with E-state index in [1.165, 1.54) is 47.7 Å². The molecule has 0 unspecified atom stereocenters. The molecule has 206 valence electrons. The van der Waals surface area contributed by atoms with Gasteiger partial charge in [-0.25, -0.2) is 18.6 Å². The molecule has 0 spiro atoms. The number of rotatable bonds is 10. The third-order valence-electron chi connectivity index (χ3n) is 5.98. The van der Waals surface area contributed by atoms with Crippen LogP contribution < -0.4 is 20.7 Å². The number of imidazole rings is 1. The average molecular weight is 565 g/mol. The number of hydrogen-bond acceptors (Lipinski definition) is 7. The summed E-state index contributed by atoms with van der Waals surface area (Å²) in [5.74, 6) is 0.162. The monoisotopic (exact) mass is 564 g/mol. The maximum Gasteiger partial charge on any atom is 0.323 e. The van der Waals surface area contributed by atoms with Crippen LogP contribution in [0.25, 0.3) is 20.9 Å². The van der Waals surface area contributed by atoms with Gasteiger partial charge in [0.2, 0.25) is 0 Å². The van der Waals surface area contributed by atoms with Crippen molar-refractivity contribution < 1.29 is 23.0 Å². The molecular formula is C28H26F2N6O3S. The summed E-state index contributed by atoms with van der Waals surface area (Å²) in [7, 11) is 3.62. The summed E-state index contributed by atoms with van der Waals surface area (Å²) in [6, 6.07) is 12.4. The van der Waals surface area contributed by atoms with Gasteiger partial charge in [0.15, 0.2) is 11.6 Å². The number of urea groups is 1. The molecule has 0 aliphatic carbocycles. The zero-order valence-corrected chi connectivity index (χ0v) is 22.5. The summed E-state index contributed by atoms with van der Waals surface area (Å²) in [4.78, 5) is 22.2. The molecule has 9 nitrogen and oxygen atoms in total. The van der Waals surface area contributed by atoms with Crippen molar-refractivity contribution in [2.24, 2.45) is 7.05 Å². The predicted octanol–water partition coefficient (Wildman–Crippen LogP) is 6.15. The number of anilines is 2. The topological polar surface area (TPSA) is 102 Å². The van der Waals surface area contributed by atoms with Crippen LogP contribution >= 0.6 is 11.3 Å². The Morgan fingerprint density at radius 3 is 2.55 bits per heavy atom. The normalized spacial score (nSPS) is 11.1. The Hall–Kier alpha value is -4.39. The molecule has 12 heteroatoms. The highest BCUT2D eigenvalue weighted by Gasteiger charge is 2.16. The molecular weight excluding hydrogens is 538 g/mol. The van der Waals surface area contributed by atoms with E-state index in [1.54, 1.807) is 19.4 Å². The van der Waals surface area contributed by atoms with E-state index in [0.717, 1.165) is 33.7 Å². The Morgan fingerprint density at radius 2 is 1.77 bits per heavy atom. The second-order valence-electron chi connectivity index (χ2n) is 8.77. The number of pyridine rings is 1. The number of nitrogens with one attached hydrogen (secondary N) is 3. The lowest BCUT2D eigenvalue weighted by atomic mass is 10.3. The van der Waals surface area contributed by atoms with Crippen molar-refractivity contribution >= 4 is 39.0 Å².